The standard InChI is InChI=1S/C6H9NO/c7-4-6(8)3-5-1-2-5/h5-6,8H,1-3H2. The highest BCUT2D eigenvalue weighted by molar-refractivity contribution is 4.87. The van der Waals surface area contributed by atoms with Crippen LogP contribution in [0.2, 0.25) is 0 Å². The number of aliphatic hydroxyl groups excluding tert-OH is 1. The van der Waals surface area contributed by atoms with Gasteiger partial charge in [0.1, 0.15) is 6.10 Å². The van der Waals surface area contributed by atoms with E-state index in [4.69, 9.17) is 10.4 Å². The van der Waals surface area contributed by atoms with Crippen LogP contribution >= 0.6 is 0 Å². The predicted molar refractivity (Wildman–Crippen MR) is 29.0 cm³/mol. The Kier molecular flexibility index (Phi) is 1.50. The summed E-state index contributed by atoms with van der Waals surface area (Å²) in [4.78, 5) is 0. The summed E-state index contributed by atoms with van der Waals surface area (Å²) in [6.45, 7) is 0. The van der Waals surface area contributed by atoms with E-state index in [1.165, 1.54) is 12.8 Å². The molecule has 1 unspecified atom stereocenters. The monoisotopic (exact) mass is 111 g/mol. The zero-order chi connectivity index (χ0) is 5.98. The molecule has 44 valence electrons. The number of hydrogen-bond acceptors (Lipinski definition) is 2. The molecule has 0 heterocycles. The molecule has 0 aliphatic heterocycles. The fraction of sp³-hybridized carbons (Fsp3) is 0.833. The molecule has 0 amide bonds. The minimum Gasteiger partial charge on any atom is -0.378 e. The van der Waals surface area contributed by atoms with Crippen LogP contribution in [0.25, 0.3) is 0 Å². The molecule has 1 N–H and O–H groups in total. The van der Waals surface area contributed by atoms with E-state index in [-0.39, 0.29) is 0 Å². The van der Waals surface area contributed by atoms with Gasteiger partial charge in [0.2, 0.25) is 0 Å². The van der Waals surface area contributed by atoms with E-state index in [0.29, 0.717) is 12.3 Å². The van der Waals surface area contributed by atoms with Gasteiger partial charge in [-0.05, 0) is 12.3 Å². The minimum atomic E-state index is -0.706. The fourth-order valence-electron chi connectivity index (χ4n) is 0.722. The molecule has 2 nitrogen and oxygen atoms in total. The number of aliphatic hydroxyl groups is 1. The van der Waals surface area contributed by atoms with Gasteiger partial charge in [0, 0.05) is 0 Å². The van der Waals surface area contributed by atoms with Crippen LogP contribution in [0.5, 0.6) is 0 Å². The quantitative estimate of drug-likeness (QED) is 0.532. The lowest BCUT2D eigenvalue weighted by atomic mass is 10.2. The summed E-state index contributed by atoms with van der Waals surface area (Å²) in [6.07, 6.45) is 2.40. The van der Waals surface area contributed by atoms with Crippen LogP contribution in [0.15, 0.2) is 0 Å². The minimum absolute atomic E-state index is 0.657. The van der Waals surface area contributed by atoms with Crippen molar-refractivity contribution in [3.63, 3.8) is 0 Å². The highest BCUT2D eigenvalue weighted by Crippen LogP contribution is 2.33. The van der Waals surface area contributed by atoms with Gasteiger partial charge >= 0.3 is 0 Å². The number of nitrogens with zero attached hydrogens (tertiary/aromatic N) is 1. The van der Waals surface area contributed by atoms with Crippen molar-refractivity contribution in [2.75, 3.05) is 0 Å². The summed E-state index contributed by atoms with van der Waals surface area (Å²) in [5, 5.41) is 16.8. The fourth-order valence-corrected chi connectivity index (χ4v) is 0.722. The highest BCUT2D eigenvalue weighted by Gasteiger charge is 2.23. The van der Waals surface area contributed by atoms with Crippen molar-refractivity contribution in [1.82, 2.24) is 0 Å². The maximum absolute atomic E-state index is 8.71. The Morgan fingerprint density at radius 2 is 2.38 bits per heavy atom. The molecule has 1 rings (SSSR count). The zero-order valence-corrected chi connectivity index (χ0v) is 4.67. The van der Waals surface area contributed by atoms with Crippen LogP contribution in [0.3, 0.4) is 0 Å². The molecular weight excluding hydrogens is 102 g/mol. The van der Waals surface area contributed by atoms with E-state index in [1.807, 2.05) is 0 Å². The van der Waals surface area contributed by atoms with Crippen molar-refractivity contribution in [3.8, 4) is 6.07 Å². The average molecular weight is 111 g/mol. The zero-order valence-electron chi connectivity index (χ0n) is 4.67. The number of hydrogen-bond donors (Lipinski definition) is 1. The van der Waals surface area contributed by atoms with Crippen molar-refractivity contribution in [1.29, 1.82) is 5.26 Å². The molecule has 1 aliphatic rings. The third-order valence-corrected chi connectivity index (χ3v) is 1.40. The molecular formula is C6H9NO. The third kappa shape index (κ3) is 1.51. The van der Waals surface area contributed by atoms with E-state index < -0.39 is 6.10 Å². The smallest absolute Gasteiger partial charge is 0.140 e. The third-order valence-electron chi connectivity index (χ3n) is 1.40. The molecule has 0 aromatic rings. The van der Waals surface area contributed by atoms with Gasteiger partial charge in [-0.15, -0.1) is 0 Å². The summed E-state index contributed by atoms with van der Waals surface area (Å²) in [5.74, 6) is 0.657. The predicted octanol–water partition coefficient (Wildman–Crippen LogP) is 0.671. The number of nitriles is 1. The largest absolute Gasteiger partial charge is 0.378 e. The average Bonchev–Trinajstić information content (AvgIpc) is 2.50. The van der Waals surface area contributed by atoms with Crippen LogP contribution < -0.4 is 0 Å². The van der Waals surface area contributed by atoms with Gasteiger partial charge in [-0.1, -0.05) is 12.8 Å². The summed E-state index contributed by atoms with van der Waals surface area (Å²) < 4.78 is 0. The van der Waals surface area contributed by atoms with Gasteiger partial charge in [-0.3, -0.25) is 0 Å². The summed E-state index contributed by atoms with van der Waals surface area (Å²) in [5.41, 5.74) is 0. The van der Waals surface area contributed by atoms with E-state index >= 15 is 0 Å². The van der Waals surface area contributed by atoms with Crippen LogP contribution in [0.4, 0.5) is 0 Å². The van der Waals surface area contributed by atoms with Crippen LogP contribution in [-0.2, 0) is 0 Å². The second kappa shape index (κ2) is 2.15. The molecule has 0 aromatic heterocycles. The molecule has 0 saturated heterocycles. The van der Waals surface area contributed by atoms with Gasteiger partial charge in [-0.2, -0.15) is 5.26 Å². The normalized spacial score (nSPS) is 22.0. The lowest BCUT2D eigenvalue weighted by Crippen LogP contribution is -2.02. The first kappa shape index (κ1) is 5.58. The van der Waals surface area contributed by atoms with Gasteiger partial charge in [0.05, 0.1) is 6.07 Å². The summed E-state index contributed by atoms with van der Waals surface area (Å²) in [6, 6.07) is 1.79. The van der Waals surface area contributed by atoms with Gasteiger partial charge < -0.3 is 5.11 Å². The first-order valence-corrected chi connectivity index (χ1v) is 2.90. The van der Waals surface area contributed by atoms with E-state index in [2.05, 4.69) is 0 Å². The van der Waals surface area contributed by atoms with Gasteiger partial charge in [-0.25, -0.2) is 0 Å². The van der Waals surface area contributed by atoms with Gasteiger partial charge in [0.25, 0.3) is 0 Å². The van der Waals surface area contributed by atoms with Crippen LogP contribution in [0.1, 0.15) is 19.3 Å². The van der Waals surface area contributed by atoms with Crippen molar-refractivity contribution in [3.05, 3.63) is 0 Å². The lowest BCUT2D eigenvalue weighted by Gasteiger charge is -1.94. The SMILES string of the molecule is N#CC(O)CC1CC1. The molecule has 0 radical (unpaired) electrons. The maximum Gasteiger partial charge on any atom is 0.140 e. The van der Waals surface area contributed by atoms with E-state index in [1.54, 1.807) is 6.07 Å². The first-order valence-electron chi connectivity index (χ1n) is 2.90. The summed E-state index contributed by atoms with van der Waals surface area (Å²) >= 11 is 0. The second-order valence-electron chi connectivity index (χ2n) is 2.32. The Labute approximate surface area is 48.7 Å². The Hall–Kier alpha value is -0.550. The van der Waals surface area contributed by atoms with Crippen molar-refractivity contribution in [2.45, 2.75) is 25.4 Å². The van der Waals surface area contributed by atoms with Crippen molar-refractivity contribution < 1.29 is 5.11 Å². The van der Waals surface area contributed by atoms with Crippen molar-refractivity contribution in [2.24, 2.45) is 5.92 Å². The molecule has 0 bridgehead atoms. The molecule has 1 fully saturated rings. The topological polar surface area (TPSA) is 44.0 Å². The Balaban J connectivity index is 2.09. The summed E-state index contributed by atoms with van der Waals surface area (Å²) in [7, 11) is 0. The van der Waals surface area contributed by atoms with E-state index in [0.717, 1.165) is 0 Å². The molecule has 1 atom stereocenters. The van der Waals surface area contributed by atoms with Gasteiger partial charge in [0.15, 0.2) is 0 Å². The Bertz CT molecular complexity index is 112. The lowest BCUT2D eigenvalue weighted by molar-refractivity contribution is 0.212. The Morgan fingerprint density at radius 3 is 2.75 bits per heavy atom. The molecule has 0 aromatic carbocycles. The molecule has 2 heteroatoms. The van der Waals surface area contributed by atoms with Crippen LogP contribution in [0, 0.1) is 17.2 Å². The second-order valence-corrected chi connectivity index (χ2v) is 2.32. The maximum atomic E-state index is 8.71. The molecule has 8 heavy (non-hydrogen) atoms. The highest BCUT2D eigenvalue weighted by atomic mass is 16.3. The van der Waals surface area contributed by atoms with Crippen molar-refractivity contribution >= 4 is 0 Å². The molecule has 1 saturated carbocycles. The first-order chi connectivity index (χ1) is 3.83. The molecule has 0 spiro atoms. The number of rotatable bonds is 2. The van der Waals surface area contributed by atoms with E-state index in [9.17, 15) is 0 Å². The Morgan fingerprint density at radius 1 is 1.75 bits per heavy atom. The van der Waals surface area contributed by atoms with Crippen LogP contribution in [-0.4, -0.2) is 11.2 Å². The molecule has 1 aliphatic carbocycles.